The molecule has 6 atom stereocenters. The number of halogens is 6. The van der Waals surface area contributed by atoms with Crippen LogP contribution in [0.1, 0.15) is 41.0 Å². The Morgan fingerprint density at radius 1 is 0.911 bits per heavy atom. The number of anilines is 2. The normalized spacial score (nSPS) is 25.9. The van der Waals surface area contributed by atoms with E-state index < -0.39 is 75.4 Å². The molecular formula is C40H30Cl3F3N4O6. The number of fused-ring (bicyclic) bond motifs is 4. The first-order chi connectivity index (χ1) is 26.6. The van der Waals surface area contributed by atoms with Crippen LogP contribution in [0.25, 0.3) is 0 Å². The molecule has 0 spiro atoms. The fourth-order valence-corrected chi connectivity index (χ4v) is 9.53. The first-order valence-electron chi connectivity index (χ1n) is 17.4. The van der Waals surface area contributed by atoms with Gasteiger partial charge in [0.2, 0.25) is 11.8 Å². The van der Waals surface area contributed by atoms with Crippen molar-refractivity contribution in [3.05, 3.63) is 122 Å². The number of carbonyl (C=O) groups excluding carboxylic acids is 4. The molecule has 10 nitrogen and oxygen atoms in total. The van der Waals surface area contributed by atoms with Crippen LogP contribution in [0, 0.1) is 30.6 Å². The minimum Gasteiger partial charge on any atom is -0.504 e. The van der Waals surface area contributed by atoms with Crippen LogP contribution in [0.3, 0.4) is 0 Å². The van der Waals surface area contributed by atoms with Gasteiger partial charge < -0.3 is 9.84 Å². The number of phenolic OH excluding ortho intramolecular Hbond substituents is 1. The van der Waals surface area contributed by atoms with E-state index in [4.69, 9.17) is 39.5 Å². The molecule has 3 fully saturated rings. The third kappa shape index (κ3) is 5.65. The van der Waals surface area contributed by atoms with E-state index in [2.05, 4.69) is 10.4 Å². The molecule has 0 bridgehead atoms. The highest BCUT2D eigenvalue weighted by Gasteiger charge is 2.70. The summed E-state index contributed by atoms with van der Waals surface area (Å²) in [6.45, 7) is 1.79. The van der Waals surface area contributed by atoms with Crippen molar-refractivity contribution in [2.45, 2.75) is 37.3 Å². The topological polar surface area (TPSA) is 129 Å². The maximum atomic E-state index is 15.3. The number of imide groups is 2. The van der Waals surface area contributed by atoms with Crippen molar-refractivity contribution in [2.75, 3.05) is 17.4 Å². The summed E-state index contributed by atoms with van der Waals surface area (Å²) in [7, 11) is 1.37. The minimum absolute atomic E-state index is 0.0767. The molecule has 4 amide bonds. The number of aryl methyl sites for hydroxylation is 1. The van der Waals surface area contributed by atoms with Gasteiger partial charge in [-0.3, -0.25) is 24.6 Å². The second-order valence-electron chi connectivity index (χ2n) is 14.3. The molecule has 3 heterocycles. The average Bonchev–Trinajstić information content (AvgIpc) is 3.54. The number of pyridine rings is 1. The van der Waals surface area contributed by atoms with Crippen LogP contribution in [-0.4, -0.2) is 45.8 Å². The number of nitrogens with zero attached hydrogens (tertiary/aromatic N) is 3. The van der Waals surface area contributed by atoms with Crippen molar-refractivity contribution in [1.29, 1.82) is 0 Å². The van der Waals surface area contributed by atoms with Crippen LogP contribution in [0.2, 0.25) is 15.1 Å². The maximum absolute atomic E-state index is 15.3. The summed E-state index contributed by atoms with van der Waals surface area (Å²) in [6.07, 6.45) is -2.34. The zero-order valence-electron chi connectivity index (χ0n) is 29.4. The molecule has 2 aliphatic heterocycles. The zero-order valence-corrected chi connectivity index (χ0v) is 31.7. The predicted molar refractivity (Wildman–Crippen MR) is 200 cm³/mol. The lowest BCUT2D eigenvalue weighted by Crippen LogP contribution is -2.53. The van der Waals surface area contributed by atoms with Crippen molar-refractivity contribution < 1.29 is 42.2 Å². The molecule has 288 valence electrons. The van der Waals surface area contributed by atoms with Crippen molar-refractivity contribution in [1.82, 2.24) is 9.99 Å². The molecule has 3 aromatic carbocycles. The number of methoxy groups -OCH3 is 1. The molecule has 2 saturated heterocycles. The monoisotopic (exact) mass is 824 g/mol. The number of hydrazine groups is 1. The van der Waals surface area contributed by atoms with Gasteiger partial charge in [0.05, 0.1) is 46.6 Å². The highest BCUT2D eigenvalue weighted by Crippen LogP contribution is 2.64. The van der Waals surface area contributed by atoms with E-state index in [0.29, 0.717) is 49.7 Å². The number of ether oxygens (including phenoxy) is 1. The van der Waals surface area contributed by atoms with Gasteiger partial charge in [-0.15, -0.1) is 0 Å². The summed E-state index contributed by atoms with van der Waals surface area (Å²) in [5, 5.41) is 12.0. The molecule has 1 saturated carbocycles. The summed E-state index contributed by atoms with van der Waals surface area (Å²) in [5.74, 6) is -7.71. The Bertz CT molecular complexity index is 2390. The largest absolute Gasteiger partial charge is 0.504 e. The SMILES string of the molecule is COc1ccc(C2C3=CCC4C(=O)N(c5ccc(C)c(Cl)c5)C(=O)C4C3CC3C(=O)N(Nc4ncc(C(F)(F)F)cc4Cl)C(=O)C32c2ccc(Cl)cc2)cc1O. The molecular weight excluding hydrogens is 796 g/mol. The highest BCUT2D eigenvalue weighted by atomic mass is 35.5. The number of aromatic hydroxyl groups is 1. The summed E-state index contributed by atoms with van der Waals surface area (Å²) < 4.78 is 45.8. The van der Waals surface area contributed by atoms with E-state index in [1.807, 2.05) is 6.08 Å². The number of alkyl halides is 3. The molecule has 1 aromatic heterocycles. The maximum Gasteiger partial charge on any atom is 0.417 e. The van der Waals surface area contributed by atoms with Gasteiger partial charge in [-0.2, -0.15) is 18.2 Å². The highest BCUT2D eigenvalue weighted by molar-refractivity contribution is 6.33. The molecule has 56 heavy (non-hydrogen) atoms. The second kappa shape index (κ2) is 13.5. The number of hydrogen-bond acceptors (Lipinski definition) is 8. The van der Waals surface area contributed by atoms with Gasteiger partial charge in [0.15, 0.2) is 17.3 Å². The molecule has 8 rings (SSSR count). The Labute approximate surface area is 332 Å². The fourth-order valence-electron chi connectivity index (χ4n) is 9.02. The van der Waals surface area contributed by atoms with Gasteiger partial charge in [-0.25, -0.2) is 9.88 Å². The van der Waals surface area contributed by atoms with E-state index in [-0.39, 0.29) is 30.2 Å². The second-order valence-corrected chi connectivity index (χ2v) is 15.5. The van der Waals surface area contributed by atoms with E-state index in [1.54, 1.807) is 55.5 Å². The quantitative estimate of drug-likeness (QED) is 0.147. The van der Waals surface area contributed by atoms with Crippen LogP contribution in [0.4, 0.5) is 24.7 Å². The summed E-state index contributed by atoms with van der Waals surface area (Å²) in [4.78, 5) is 63.7. The summed E-state index contributed by atoms with van der Waals surface area (Å²) >= 11 is 19.0. The van der Waals surface area contributed by atoms with Crippen LogP contribution in [-0.2, 0) is 30.8 Å². The van der Waals surface area contributed by atoms with Crippen molar-refractivity contribution in [2.24, 2.45) is 23.7 Å². The Morgan fingerprint density at radius 2 is 1.64 bits per heavy atom. The van der Waals surface area contributed by atoms with Crippen LogP contribution in [0.5, 0.6) is 11.5 Å². The van der Waals surface area contributed by atoms with Gasteiger partial charge in [0.25, 0.3) is 11.8 Å². The summed E-state index contributed by atoms with van der Waals surface area (Å²) in [6, 6.07) is 16.5. The van der Waals surface area contributed by atoms with Crippen LogP contribution >= 0.6 is 34.8 Å². The number of benzene rings is 3. The Morgan fingerprint density at radius 3 is 2.29 bits per heavy atom. The summed E-state index contributed by atoms with van der Waals surface area (Å²) in [5.41, 5.74) is 2.10. The minimum atomic E-state index is -4.76. The molecule has 6 unspecified atom stereocenters. The number of rotatable bonds is 6. The van der Waals surface area contributed by atoms with E-state index in [0.717, 1.165) is 10.5 Å². The molecule has 16 heteroatoms. The molecule has 4 aromatic rings. The average molecular weight is 826 g/mol. The van der Waals surface area contributed by atoms with Crippen molar-refractivity contribution in [3.63, 3.8) is 0 Å². The first-order valence-corrected chi connectivity index (χ1v) is 18.6. The van der Waals surface area contributed by atoms with Crippen LogP contribution in [0.15, 0.2) is 84.6 Å². The van der Waals surface area contributed by atoms with Crippen molar-refractivity contribution >= 4 is 69.9 Å². The van der Waals surface area contributed by atoms with Gasteiger partial charge >= 0.3 is 6.18 Å². The number of nitrogens with one attached hydrogen (secondary N) is 1. The Hall–Kier alpha value is -5.11. The van der Waals surface area contributed by atoms with Gasteiger partial charge in [-0.05, 0) is 84.8 Å². The van der Waals surface area contributed by atoms with Crippen LogP contribution < -0.4 is 15.1 Å². The Balaban J connectivity index is 1.31. The van der Waals surface area contributed by atoms with E-state index in [9.17, 15) is 32.7 Å². The Kier molecular flexibility index (Phi) is 9.13. The van der Waals surface area contributed by atoms with Gasteiger partial charge in [0.1, 0.15) is 0 Å². The number of carbonyl (C=O) groups is 4. The molecule has 2 aliphatic carbocycles. The van der Waals surface area contributed by atoms with Gasteiger partial charge in [-0.1, -0.05) is 70.7 Å². The van der Waals surface area contributed by atoms with Gasteiger partial charge in [0, 0.05) is 22.2 Å². The lowest BCUT2D eigenvalue weighted by atomic mass is 9.49. The van der Waals surface area contributed by atoms with E-state index >= 15 is 4.79 Å². The van der Waals surface area contributed by atoms with Crippen molar-refractivity contribution in [3.8, 4) is 11.5 Å². The number of hydrogen-bond donors (Lipinski definition) is 2. The lowest BCUT2D eigenvalue weighted by Gasteiger charge is -2.50. The lowest BCUT2D eigenvalue weighted by molar-refractivity contribution is -0.139. The zero-order chi connectivity index (χ0) is 40.0. The first kappa shape index (κ1) is 37.8. The molecule has 2 N–H and O–H groups in total. The standard InChI is InChI=1S/C40H30Cl3F3N4O6/c1-18-3-9-23(15-28(18)42)49-35(52)25-11-10-24-26(32(25)37(49)54)16-27-36(53)50(48-34-29(43)14-21(17-47-34)40(44,45)46)38(55)39(27,20-5-7-22(41)8-6-20)33(24)19-4-12-31(56-2)30(51)13-19/h3-10,12-15,17,25-27,32-33,51H,11,16H2,1-2H3,(H,47,48). The molecule has 0 radical (unpaired) electrons. The third-order valence-electron chi connectivity index (χ3n) is 11.5. The van der Waals surface area contributed by atoms with E-state index in [1.165, 1.54) is 19.2 Å². The third-order valence-corrected chi connectivity index (χ3v) is 12.5. The smallest absolute Gasteiger partial charge is 0.417 e. The number of aromatic nitrogens is 1. The number of allylic oxidation sites excluding steroid dienone is 2. The predicted octanol–water partition coefficient (Wildman–Crippen LogP) is 8.27. The molecule has 4 aliphatic rings. The number of phenols is 1. The number of amides is 4. The fraction of sp³-hybridized carbons (Fsp3) is 0.275.